The van der Waals surface area contributed by atoms with E-state index in [4.69, 9.17) is 0 Å². The first-order valence-corrected chi connectivity index (χ1v) is 10.3. The summed E-state index contributed by atoms with van der Waals surface area (Å²) >= 11 is 0. The molecule has 0 spiro atoms. The third kappa shape index (κ3) is 7.62. The number of likely N-dealkylation sites (N-methyl/N-ethyl adjacent to an activating group) is 2. The summed E-state index contributed by atoms with van der Waals surface area (Å²) in [4.78, 5) is 29.2. The van der Waals surface area contributed by atoms with Gasteiger partial charge in [0, 0.05) is 24.2 Å². The summed E-state index contributed by atoms with van der Waals surface area (Å²) in [7, 11) is 0. The molecule has 0 aromatic rings. The highest BCUT2D eigenvalue weighted by molar-refractivity contribution is 5.78. The zero-order chi connectivity index (χ0) is 19.7. The molecule has 152 valence electrons. The summed E-state index contributed by atoms with van der Waals surface area (Å²) in [6.45, 7) is 14.8. The highest BCUT2D eigenvalue weighted by Crippen LogP contribution is 2.27. The Morgan fingerprint density at radius 2 is 1.15 bits per heavy atom. The van der Waals surface area contributed by atoms with Crippen LogP contribution in [0.4, 0.5) is 0 Å². The summed E-state index contributed by atoms with van der Waals surface area (Å²) in [6.07, 6.45) is 4.57. The second-order valence-electron chi connectivity index (χ2n) is 7.99. The first-order valence-electron chi connectivity index (χ1n) is 10.3. The molecule has 1 aliphatic carbocycles. The van der Waals surface area contributed by atoms with Crippen LogP contribution in [0.15, 0.2) is 0 Å². The van der Waals surface area contributed by atoms with Crippen molar-refractivity contribution in [3.05, 3.63) is 0 Å². The lowest BCUT2D eigenvalue weighted by Crippen LogP contribution is -2.57. The Balaban J connectivity index is 2.81. The van der Waals surface area contributed by atoms with Gasteiger partial charge in [0.25, 0.3) is 0 Å². The second kappa shape index (κ2) is 11.5. The van der Waals surface area contributed by atoms with Crippen molar-refractivity contribution in [3.63, 3.8) is 0 Å². The van der Waals surface area contributed by atoms with Gasteiger partial charge in [0.1, 0.15) is 0 Å². The lowest BCUT2D eigenvalue weighted by molar-refractivity contribution is -0.126. The number of hydrogen-bond donors (Lipinski definition) is 2. The lowest BCUT2D eigenvalue weighted by Gasteiger charge is -2.44. The highest BCUT2D eigenvalue weighted by atomic mass is 16.2. The largest absolute Gasteiger partial charge is 0.353 e. The molecule has 0 radical (unpaired) electrons. The van der Waals surface area contributed by atoms with Crippen LogP contribution in [0.5, 0.6) is 0 Å². The van der Waals surface area contributed by atoms with E-state index in [0.717, 1.165) is 25.9 Å². The van der Waals surface area contributed by atoms with E-state index in [-0.39, 0.29) is 23.9 Å². The van der Waals surface area contributed by atoms with Crippen LogP contribution in [-0.4, -0.2) is 72.0 Å². The number of amides is 2. The molecule has 0 aromatic heterocycles. The molecule has 2 atom stereocenters. The Bertz CT molecular complexity index is 400. The number of nitrogens with one attached hydrogen (secondary N) is 2. The average molecular weight is 369 g/mol. The maximum Gasteiger partial charge on any atom is 0.234 e. The van der Waals surface area contributed by atoms with Gasteiger partial charge in [-0.2, -0.15) is 0 Å². The molecule has 6 nitrogen and oxygen atoms in total. The summed E-state index contributed by atoms with van der Waals surface area (Å²) < 4.78 is 0. The molecular weight excluding hydrogens is 328 g/mol. The average Bonchev–Trinajstić information content (AvgIpc) is 2.56. The van der Waals surface area contributed by atoms with Gasteiger partial charge in [-0.25, -0.2) is 0 Å². The molecule has 0 aromatic carbocycles. The molecule has 1 aliphatic rings. The molecule has 1 rings (SSSR count). The molecule has 0 heterocycles. The van der Waals surface area contributed by atoms with Crippen LogP contribution in [0, 0.1) is 0 Å². The van der Waals surface area contributed by atoms with Gasteiger partial charge in [-0.05, 0) is 53.6 Å². The lowest BCUT2D eigenvalue weighted by atomic mass is 9.87. The monoisotopic (exact) mass is 368 g/mol. The number of carbonyl (C=O) groups excluding carboxylic acids is 2. The number of rotatable bonds is 10. The van der Waals surface area contributed by atoms with Gasteiger partial charge in [-0.15, -0.1) is 0 Å². The van der Waals surface area contributed by atoms with Crippen molar-refractivity contribution in [3.8, 4) is 0 Å². The van der Waals surface area contributed by atoms with Crippen LogP contribution >= 0.6 is 0 Å². The molecule has 26 heavy (non-hydrogen) atoms. The van der Waals surface area contributed by atoms with Gasteiger partial charge < -0.3 is 10.6 Å². The van der Waals surface area contributed by atoms with Gasteiger partial charge in [0.2, 0.25) is 11.8 Å². The van der Waals surface area contributed by atoms with E-state index in [0.29, 0.717) is 25.2 Å². The zero-order valence-corrected chi connectivity index (χ0v) is 17.7. The smallest absolute Gasteiger partial charge is 0.234 e. The standard InChI is InChI=1S/C20H40N4O2/c1-7-23(13-19(25)21-15(3)4)17-11-9-10-12-18(17)24(8-2)14-20(26)22-16(5)6/h15-18H,7-14H2,1-6H3,(H,21,25)(H,22,26)/t17-,18-/m1/s1. The van der Waals surface area contributed by atoms with E-state index in [1.807, 2.05) is 27.7 Å². The van der Waals surface area contributed by atoms with Crippen molar-refractivity contribution in [1.82, 2.24) is 20.4 Å². The SMILES string of the molecule is CCN(CC(=O)NC(C)C)[C@@H]1CCCC[C@H]1N(CC)CC(=O)NC(C)C. The molecular formula is C20H40N4O2. The maximum atomic E-state index is 12.3. The predicted molar refractivity (Wildman–Crippen MR) is 107 cm³/mol. The molecule has 0 bridgehead atoms. The molecule has 2 N–H and O–H groups in total. The minimum Gasteiger partial charge on any atom is -0.353 e. The van der Waals surface area contributed by atoms with Crippen LogP contribution in [-0.2, 0) is 9.59 Å². The Morgan fingerprint density at radius 1 is 0.808 bits per heavy atom. The molecule has 6 heteroatoms. The van der Waals surface area contributed by atoms with Crippen LogP contribution in [0.25, 0.3) is 0 Å². The Morgan fingerprint density at radius 3 is 1.42 bits per heavy atom. The highest BCUT2D eigenvalue weighted by Gasteiger charge is 2.34. The summed E-state index contributed by atoms with van der Waals surface area (Å²) in [5.41, 5.74) is 0. The molecule has 0 unspecified atom stereocenters. The molecule has 0 saturated heterocycles. The van der Waals surface area contributed by atoms with E-state index >= 15 is 0 Å². The third-order valence-corrected chi connectivity index (χ3v) is 5.04. The number of nitrogens with zero attached hydrogens (tertiary/aromatic N) is 2. The fraction of sp³-hybridized carbons (Fsp3) is 0.900. The predicted octanol–water partition coefficient (Wildman–Crippen LogP) is 1.99. The minimum absolute atomic E-state index is 0.0896. The van der Waals surface area contributed by atoms with Gasteiger partial charge >= 0.3 is 0 Å². The maximum absolute atomic E-state index is 12.3. The van der Waals surface area contributed by atoms with Gasteiger partial charge in [-0.3, -0.25) is 19.4 Å². The zero-order valence-electron chi connectivity index (χ0n) is 17.7. The summed E-state index contributed by atoms with van der Waals surface area (Å²) in [5, 5.41) is 6.00. The first-order chi connectivity index (χ1) is 12.3. The van der Waals surface area contributed by atoms with E-state index in [1.54, 1.807) is 0 Å². The van der Waals surface area contributed by atoms with E-state index in [2.05, 4.69) is 34.3 Å². The first kappa shape index (κ1) is 22.9. The fourth-order valence-electron chi connectivity index (χ4n) is 3.97. The normalized spacial score (nSPS) is 20.8. The Kier molecular flexibility index (Phi) is 10.2. The van der Waals surface area contributed by atoms with Crippen LogP contribution in [0.1, 0.15) is 67.2 Å². The molecule has 1 fully saturated rings. The Hall–Kier alpha value is -1.14. The number of hydrogen-bond acceptors (Lipinski definition) is 4. The molecule has 1 saturated carbocycles. The van der Waals surface area contributed by atoms with E-state index < -0.39 is 0 Å². The van der Waals surface area contributed by atoms with E-state index in [9.17, 15) is 9.59 Å². The van der Waals surface area contributed by atoms with Crippen LogP contribution in [0.3, 0.4) is 0 Å². The third-order valence-electron chi connectivity index (χ3n) is 5.04. The van der Waals surface area contributed by atoms with E-state index in [1.165, 1.54) is 12.8 Å². The van der Waals surface area contributed by atoms with Gasteiger partial charge in [0.15, 0.2) is 0 Å². The van der Waals surface area contributed by atoms with Crippen LogP contribution in [0.2, 0.25) is 0 Å². The van der Waals surface area contributed by atoms with Crippen LogP contribution < -0.4 is 10.6 Å². The summed E-state index contributed by atoms with van der Waals surface area (Å²) in [6, 6.07) is 0.988. The molecule has 2 amide bonds. The molecule has 0 aliphatic heterocycles. The van der Waals surface area contributed by atoms with Crippen molar-refractivity contribution < 1.29 is 9.59 Å². The van der Waals surface area contributed by atoms with Crippen molar-refractivity contribution in [2.24, 2.45) is 0 Å². The quantitative estimate of drug-likeness (QED) is 0.619. The second-order valence-corrected chi connectivity index (χ2v) is 7.99. The van der Waals surface area contributed by atoms with Crippen molar-refractivity contribution in [2.75, 3.05) is 26.2 Å². The summed E-state index contributed by atoms with van der Waals surface area (Å²) in [5.74, 6) is 0.179. The van der Waals surface area contributed by atoms with Gasteiger partial charge in [-0.1, -0.05) is 26.7 Å². The van der Waals surface area contributed by atoms with Crippen molar-refractivity contribution >= 4 is 11.8 Å². The number of carbonyl (C=O) groups is 2. The van der Waals surface area contributed by atoms with Crippen molar-refractivity contribution in [1.29, 1.82) is 0 Å². The van der Waals surface area contributed by atoms with Gasteiger partial charge in [0.05, 0.1) is 13.1 Å². The Labute approximate surface area is 160 Å². The minimum atomic E-state index is 0.0896. The topological polar surface area (TPSA) is 64.7 Å². The van der Waals surface area contributed by atoms with Crippen molar-refractivity contribution in [2.45, 2.75) is 91.4 Å². The fourth-order valence-corrected chi connectivity index (χ4v) is 3.97.